The number of aliphatic hydroxyl groups is 1. The number of nitrogens with one attached hydrogen (secondary N) is 1. The summed E-state index contributed by atoms with van der Waals surface area (Å²) in [5, 5.41) is 8.89. The summed E-state index contributed by atoms with van der Waals surface area (Å²) in [4.78, 5) is 0.0402. The van der Waals surface area contributed by atoms with Gasteiger partial charge in [0.2, 0.25) is 10.0 Å². The van der Waals surface area contributed by atoms with Crippen molar-refractivity contribution in [1.82, 2.24) is 4.72 Å². The first-order valence-electron chi connectivity index (χ1n) is 5.02. The molecular weight excluding hydrogens is 330 g/mol. The predicted octanol–water partition coefficient (Wildman–Crippen LogP) is 1.32. The molecule has 1 aliphatic heterocycles. The number of sulfonamides is 1. The van der Waals surface area contributed by atoms with Gasteiger partial charge in [0.15, 0.2) is 4.67 Å². The predicted molar refractivity (Wildman–Crippen MR) is 68.4 cm³/mol. The minimum absolute atomic E-state index is 0.0237. The summed E-state index contributed by atoms with van der Waals surface area (Å²) in [6.45, 7) is -0.326. The molecule has 1 aromatic heterocycles. The zero-order chi connectivity index (χ0) is 12.5. The molecule has 2 heterocycles. The van der Waals surface area contributed by atoms with E-state index in [2.05, 4.69) is 20.7 Å². The van der Waals surface area contributed by atoms with Crippen LogP contribution in [0.25, 0.3) is 0 Å². The third-order valence-corrected chi connectivity index (χ3v) is 5.94. The minimum atomic E-state index is -3.58. The van der Waals surface area contributed by atoms with Crippen LogP contribution in [0.5, 0.6) is 0 Å². The fourth-order valence-corrected chi connectivity index (χ4v) is 5.10. The van der Waals surface area contributed by atoms with E-state index in [9.17, 15) is 8.42 Å². The van der Waals surface area contributed by atoms with E-state index in [1.54, 1.807) is 11.8 Å². The van der Waals surface area contributed by atoms with Crippen LogP contribution in [0.15, 0.2) is 20.0 Å². The largest absolute Gasteiger partial charge is 0.450 e. The van der Waals surface area contributed by atoms with Crippen LogP contribution >= 0.6 is 27.7 Å². The molecule has 17 heavy (non-hydrogen) atoms. The maximum Gasteiger partial charge on any atom is 0.245 e. The highest BCUT2D eigenvalue weighted by Gasteiger charge is 2.27. The summed E-state index contributed by atoms with van der Waals surface area (Å²) >= 11 is 4.77. The molecule has 1 aromatic rings. The van der Waals surface area contributed by atoms with E-state index in [0.717, 1.165) is 17.9 Å². The van der Waals surface area contributed by atoms with Crippen molar-refractivity contribution in [2.24, 2.45) is 0 Å². The highest BCUT2D eigenvalue weighted by Crippen LogP contribution is 2.27. The summed E-state index contributed by atoms with van der Waals surface area (Å²) in [6, 6.07) is 1.30. The topological polar surface area (TPSA) is 79.5 Å². The van der Waals surface area contributed by atoms with Crippen LogP contribution < -0.4 is 4.72 Å². The van der Waals surface area contributed by atoms with Gasteiger partial charge in [0.05, 0.1) is 0 Å². The van der Waals surface area contributed by atoms with Crippen LogP contribution in [0.3, 0.4) is 0 Å². The Morgan fingerprint density at radius 1 is 1.65 bits per heavy atom. The van der Waals surface area contributed by atoms with E-state index >= 15 is 0 Å². The number of hydrogen-bond donors (Lipinski definition) is 2. The van der Waals surface area contributed by atoms with Gasteiger partial charge in [-0.2, -0.15) is 11.8 Å². The molecule has 1 aliphatic rings. The molecular formula is C9H12BrNO4S2. The molecule has 0 spiro atoms. The summed E-state index contributed by atoms with van der Waals surface area (Å²) in [5.74, 6) is 1.99. The van der Waals surface area contributed by atoms with Crippen molar-refractivity contribution in [3.05, 3.63) is 16.5 Å². The molecule has 1 fully saturated rings. The van der Waals surface area contributed by atoms with Crippen molar-refractivity contribution in [3.8, 4) is 0 Å². The molecule has 5 nitrogen and oxygen atoms in total. The Morgan fingerprint density at radius 2 is 2.41 bits per heavy atom. The normalized spacial score (nSPS) is 20.9. The molecule has 0 aromatic carbocycles. The third kappa shape index (κ3) is 3.05. The Hall–Kier alpha value is -0.0200. The summed E-state index contributed by atoms with van der Waals surface area (Å²) in [7, 11) is -3.58. The number of halogens is 1. The molecule has 0 radical (unpaired) electrons. The van der Waals surface area contributed by atoms with Gasteiger partial charge in [-0.3, -0.25) is 0 Å². The van der Waals surface area contributed by atoms with Crippen LogP contribution in [0, 0.1) is 0 Å². The molecule has 0 saturated carbocycles. The first-order valence-corrected chi connectivity index (χ1v) is 8.45. The lowest BCUT2D eigenvalue weighted by molar-refractivity contribution is 0.245. The molecule has 96 valence electrons. The van der Waals surface area contributed by atoms with E-state index in [-0.39, 0.29) is 28.0 Å². The van der Waals surface area contributed by atoms with Crippen molar-refractivity contribution in [2.75, 3.05) is 11.5 Å². The lowest BCUT2D eigenvalue weighted by Crippen LogP contribution is -2.34. The minimum Gasteiger partial charge on any atom is -0.450 e. The second-order valence-electron chi connectivity index (χ2n) is 3.69. The standard InChI is InChI=1S/C9H12BrNO4S2/c10-9-8(3-7(4-12)15-9)17(13,14)11-6-1-2-16-5-6/h3,6,11-12H,1-2,4-5H2. The van der Waals surface area contributed by atoms with Crippen LogP contribution in [-0.2, 0) is 16.6 Å². The number of aliphatic hydroxyl groups excluding tert-OH is 1. The SMILES string of the molecule is O=S(=O)(NC1CCSC1)c1cc(CO)oc1Br. The molecule has 0 bridgehead atoms. The molecule has 0 amide bonds. The molecule has 2 rings (SSSR count). The van der Waals surface area contributed by atoms with Crippen LogP contribution in [0.1, 0.15) is 12.2 Å². The molecule has 8 heteroatoms. The van der Waals surface area contributed by atoms with Crippen molar-refractivity contribution in [1.29, 1.82) is 0 Å². The van der Waals surface area contributed by atoms with Crippen molar-refractivity contribution in [3.63, 3.8) is 0 Å². The Labute approximate surface area is 112 Å². The lowest BCUT2D eigenvalue weighted by atomic mass is 10.3. The fourth-order valence-electron chi connectivity index (χ4n) is 1.57. The van der Waals surface area contributed by atoms with E-state index in [4.69, 9.17) is 9.52 Å². The van der Waals surface area contributed by atoms with Gasteiger partial charge in [-0.15, -0.1) is 0 Å². The van der Waals surface area contributed by atoms with Crippen molar-refractivity contribution >= 4 is 37.7 Å². The summed E-state index contributed by atoms with van der Waals surface area (Å²) in [5.41, 5.74) is 0. The Bertz CT molecular complexity index is 493. The van der Waals surface area contributed by atoms with Gasteiger partial charge in [0.25, 0.3) is 0 Å². The summed E-state index contributed by atoms with van der Waals surface area (Å²) < 4.78 is 31.9. The maximum atomic E-state index is 12.0. The smallest absolute Gasteiger partial charge is 0.245 e. The Kier molecular flexibility index (Phi) is 4.19. The summed E-state index contributed by atoms with van der Waals surface area (Å²) in [6.07, 6.45) is 0.840. The van der Waals surface area contributed by atoms with Crippen LogP contribution in [0.2, 0.25) is 0 Å². The van der Waals surface area contributed by atoms with Gasteiger partial charge in [-0.1, -0.05) is 0 Å². The Balaban J connectivity index is 2.21. The second-order valence-corrected chi connectivity index (χ2v) is 7.24. The molecule has 1 saturated heterocycles. The van der Waals surface area contributed by atoms with E-state index < -0.39 is 10.0 Å². The van der Waals surface area contributed by atoms with Gasteiger partial charge < -0.3 is 9.52 Å². The zero-order valence-electron chi connectivity index (χ0n) is 8.85. The van der Waals surface area contributed by atoms with E-state index in [1.807, 2.05) is 0 Å². The second kappa shape index (κ2) is 5.31. The monoisotopic (exact) mass is 341 g/mol. The molecule has 2 N–H and O–H groups in total. The highest BCUT2D eigenvalue weighted by atomic mass is 79.9. The van der Waals surface area contributed by atoms with Gasteiger partial charge in [0.1, 0.15) is 17.3 Å². The average Bonchev–Trinajstić information content (AvgIpc) is 2.86. The molecule has 1 atom stereocenters. The zero-order valence-corrected chi connectivity index (χ0v) is 12.1. The number of rotatable bonds is 4. The highest BCUT2D eigenvalue weighted by molar-refractivity contribution is 9.10. The van der Waals surface area contributed by atoms with Gasteiger partial charge in [-0.25, -0.2) is 13.1 Å². The van der Waals surface area contributed by atoms with Gasteiger partial charge in [0, 0.05) is 17.9 Å². The molecule has 0 aliphatic carbocycles. The Morgan fingerprint density at radius 3 is 2.94 bits per heavy atom. The maximum absolute atomic E-state index is 12.0. The first-order chi connectivity index (χ1) is 8.03. The lowest BCUT2D eigenvalue weighted by Gasteiger charge is -2.10. The third-order valence-electron chi connectivity index (χ3n) is 2.40. The number of hydrogen-bond acceptors (Lipinski definition) is 5. The first kappa shape index (κ1) is 13.4. The van der Waals surface area contributed by atoms with Gasteiger partial charge >= 0.3 is 0 Å². The number of furan rings is 1. The fraction of sp³-hybridized carbons (Fsp3) is 0.556. The van der Waals surface area contributed by atoms with E-state index in [0.29, 0.717) is 0 Å². The van der Waals surface area contributed by atoms with Crippen LogP contribution in [0.4, 0.5) is 0 Å². The number of thioether (sulfide) groups is 1. The molecule has 1 unspecified atom stereocenters. The van der Waals surface area contributed by atoms with E-state index in [1.165, 1.54) is 6.07 Å². The average molecular weight is 342 g/mol. The quantitative estimate of drug-likeness (QED) is 0.863. The van der Waals surface area contributed by atoms with Crippen LogP contribution in [-0.4, -0.2) is 31.1 Å². The van der Waals surface area contributed by atoms with Crippen molar-refractivity contribution in [2.45, 2.75) is 24.0 Å². The van der Waals surface area contributed by atoms with Gasteiger partial charge in [-0.05, 0) is 28.1 Å². The van der Waals surface area contributed by atoms with Crippen molar-refractivity contribution < 1.29 is 17.9 Å².